The number of aliphatic hydroxyl groups excluding tert-OH is 2. The minimum Gasteiger partial charge on any atom is -0.394 e. The number of phosphoric ester groups is 1. The van der Waals surface area contributed by atoms with Gasteiger partial charge < -0.3 is 24.7 Å². The molecule has 108 valence electrons. The lowest BCUT2D eigenvalue weighted by atomic mass is 9.66. The fourth-order valence-electron chi connectivity index (χ4n) is 2.33. The van der Waals surface area contributed by atoms with Gasteiger partial charge >= 0.3 is 7.82 Å². The van der Waals surface area contributed by atoms with E-state index in [0.717, 1.165) is 0 Å². The maximum Gasteiger partial charge on any atom is 0.471 e. The first-order valence-corrected chi connectivity index (χ1v) is 7.14. The summed E-state index contributed by atoms with van der Waals surface area (Å²) in [4.78, 5) is 17.7. The molecule has 3 unspecified atom stereocenters. The van der Waals surface area contributed by atoms with Crippen molar-refractivity contribution in [1.29, 1.82) is 0 Å². The lowest BCUT2D eigenvalue weighted by Crippen LogP contribution is -2.61. The van der Waals surface area contributed by atoms with Crippen molar-refractivity contribution in [2.24, 2.45) is 10.8 Å². The lowest BCUT2D eigenvalue weighted by Gasteiger charge is -2.53. The van der Waals surface area contributed by atoms with Crippen LogP contribution in [-0.2, 0) is 13.8 Å². The van der Waals surface area contributed by atoms with Gasteiger partial charge in [-0.2, -0.15) is 0 Å². The van der Waals surface area contributed by atoms with Crippen molar-refractivity contribution in [3.05, 3.63) is 0 Å². The minimum absolute atomic E-state index is 0.374. The Morgan fingerprint density at radius 3 is 2.11 bits per heavy atom. The molecule has 0 bridgehead atoms. The van der Waals surface area contributed by atoms with Crippen LogP contribution in [0.2, 0.25) is 0 Å². The Bertz CT molecular complexity index is 348. The zero-order valence-corrected chi connectivity index (χ0v) is 11.8. The summed E-state index contributed by atoms with van der Waals surface area (Å²) in [6.45, 7) is 6.24. The highest BCUT2D eigenvalue weighted by Gasteiger charge is 2.56. The Hall–Kier alpha value is -0.0100. The topological polar surface area (TPSA) is 116 Å². The van der Waals surface area contributed by atoms with E-state index < -0.39 is 37.2 Å². The molecule has 0 spiro atoms. The molecule has 1 heterocycles. The Labute approximate surface area is 106 Å². The molecule has 0 amide bonds. The summed E-state index contributed by atoms with van der Waals surface area (Å²) >= 11 is 0. The average Bonchev–Trinajstić information content (AvgIpc) is 2.18. The quantitative estimate of drug-likeness (QED) is 0.548. The van der Waals surface area contributed by atoms with Gasteiger partial charge in [-0.1, -0.05) is 27.7 Å². The van der Waals surface area contributed by atoms with Crippen LogP contribution in [-0.4, -0.2) is 45.1 Å². The second-order valence-corrected chi connectivity index (χ2v) is 6.97. The molecule has 0 aromatic carbocycles. The van der Waals surface area contributed by atoms with E-state index in [0.29, 0.717) is 0 Å². The van der Waals surface area contributed by atoms with Crippen LogP contribution in [0.15, 0.2) is 0 Å². The lowest BCUT2D eigenvalue weighted by molar-refractivity contribution is -0.300. The first-order chi connectivity index (χ1) is 7.93. The van der Waals surface area contributed by atoms with Crippen molar-refractivity contribution in [3.8, 4) is 0 Å². The van der Waals surface area contributed by atoms with Crippen molar-refractivity contribution in [3.63, 3.8) is 0 Å². The number of hydrogen-bond acceptors (Lipinski definition) is 5. The molecule has 1 rings (SSSR count). The van der Waals surface area contributed by atoms with E-state index in [1.54, 1.807) is 27.7 Å². The molecule has 3 atom stereocenters. The molecular weight excluding hydrogens is 263 g/mol. The van der Waals surface area contributed by atoms with E-state index in [9.17, 15) is 14.8 Å². The fourth-order valence-corrected chi connectivity index (χ4v) is 2.90. The summed E-state index contributed by atoms with van der Waals surface area (Å²) in [6, 6.07) is 0. The Kier molecular flexibility index (Phi) is 4.31. The van der Waals surface area contributed by atoms with E-state index in [4.69, 9.17) is 14.5 Å². The average molecular weight is 284 g/mol. The van der Waals surface area contributed by atoms with Crippen molar-refractivity contribution < 1.29 is 33.8 Å². The summed E-state index contributed by atoms with van der Waals surface area (Å²) in [7, 11) is -4.74. The first-order valence-electron chi connectivity index (χ1n) is 5.61. The highest BCUT2D eigenvalue weighted by atomic mass is 31.2. The fraction of sp³-hybridized carbons (Fsp3) is 1.00. The van der Waals surface area contributed by atoms with Crippen LogP contribution >= 0.6 is 7.82 Å². The minimum atomic E-state index is -4.74. The molecule has 1 aliphatic heterocycles. The Morgan fingerprint density at radius 1 is 1.22 bits per heavy atom. The van der Waals surface area contributed by atoms with Crippen LogP contribution in [0.3, 0.4) is 0 Å². The predicted octanol–water partition coefficient (Wildman–Crippen LogP) is 0.226. The van der Waals surface area contributed by atoms with Crippen molar-refractivity contribution >= 4 is 7.82 Å². The van der Waals surface area contributed by atoms with Gasteiger partial charge in [0.1, 0.15) is 0 Å². The SMILES string of the molecule is CC1(C)C(CO)OC(OP(=O)(O)O)C(C)(C)C1O. The van der Waals surface area contributed by atoms with Gasteiger partial charge in [0.2, 0.25) is 0 Å². The van der Waals surface area contributed by atoms with E-state index in [-0.39, 0.29) is 6.61 Å². The predicted molar refractivity (Wildman–Crippen MR) is 62.4 cm³/mol. The number of aliphatic hydroxyl groups is 2. The largest absolute Gasteiger partial charge is 0.471 e. The molecular formula is C10H21O7P. The van der Waals surface area contributed by atoms with Crippen LogP contribution in [0.25, 0.3) is 0 Å². The van der Waals surface area contributed by atoms with Crippen molar-refractivity contribution in [2.45, 2.75) is 46.2 Å². The summed E-state index contributed by atoms with van der Waals surface area (Å²) in [5.74, 6) is 0. The van der Waals surface area contributed by atoms with Gasteiger partial charge in [0, 0.05) is 10.8 Å². The van der Waals surface area contributed by atoms with Crippen LogP contribution in [0.4, 0.5) is 0 Å². The molecule has 0 aromatic heterocycles. The van der Waals surface area contributed by atoms with E-state index in [2.05, 4.69) is 4.52 Å². The third-order valence-corrected chi connectivity index (χ3v) is 4.00. The summed E-state index contributed by atoms with van der Waals surface area (Å²) < 4.78 is 20.8. The molecule has 1 saturated heterocycles. The number of phosphoric acid groups is 1. The van der Waals surface area contributed by atoms with E-state index >= 15 is 0 Å². The van der Waals surface area contributed by atoms with Crippen LogP contribution < -0.4 is 0 Å². The molecule has 8 heteroatoms. The third kappa shape index (κ3) is 2.93. The van der Waals surface area contributed by atoms with Gasteiger partial charge in [-0.05, 0) is 0 Å². The van der Waals surface area contributed by atoms with Gasteiger partial charge in [-0.25, -0.2) is 4.57 Å². The highest BCUT2D eigenvalue weighted by Crippen LogP contribution is 2.51. The molecule has 1 aliphatic rings. The second-order valence-electron chi connectivity index (χ2n) is 5.78. The molecule has 4 N–H and O–H groups in total. The van der Waals surface area contributed by atoms with Crippen molar-refractivity contribution in [1.82, 2.24) is 0 Å². The standard InChI is InChI=1S/C10H21O7P/c1-9(2)6(5-11)16-8(17-18(13,14)15)10(3,4)7(9)12/h6-8,11-12H,5H2,1-4H3,(H2,13,14,15). The summed E-state index contributed by atoms with van der Waals surface area (Å²) in [5, 5.41) is 19.6. The zero-order chi connectivity index (χ0) is 14.4. The van der Waals surface area contributed by atoms with Crippen LogP contribution in [0.1, 0.15) is 27.7 Å². The van der Waals surface area contributed by atoms with Gasteiger partial charge in [0.25, 0.3) is 0 Å². The maximum absolute atomic E-state index is 10.9. The molecule has 7 nitrogen and oxygen atoms in total. The van der Waals surface area contributed by atoms with Gasteiger partial charge in [-0.3, -0.25) is 4.52 Å². The molecule has 1 fully saturated rings. The monoisotopic (exact) mass is 284 g/mol. The molecule has 0 aromatic rings. The summed E-state index contributed by atoms with van der Waals surface area (Å²) in [6.07, 6.45) is -3.01. The Balaban J connectivity index is 3.04. The van der Waals surface area contributed by atoms with Crippen LogP contribution in [0.5, 0.6) is 0 Å². The Morgan fingerprint density at radius 2 is 1.72 bits per heavy atom. The van der Waals surface area contributed by atoms with Gasteiger partial charge in [0.05, 0.1) is 18.8 Å². The smallest absolute Gasteiger partial charge is 0.394 e. The number of rotatable bonds is 3. The van der Waals surface area contributed by atoms with Crippen molar-refractivity contribution in [2.75, 3.05) is 6.61 Å². The van der Waals surface area contributed by atoms with E-state index in [1.165, 1.54) is 0 Å². The molecule has 18 heavy (non-hydrogen) atoms. The highest BCUT2D eigenvalue weighted by molar-refractivity contribution is 7.46. The molecule has 0 aliphatic carbocycles. The van der Waals surface area contributed by atoms with E-state index in [1.807, 2.05) is 0 Å². The van der Waals surface area contributed by atoms with Gasteiger partial charge in [0.15, 0.2) is 6.29 Å². The second kappa shape index (κ2) is 4.83. The molecule has 0 radical (unpaired) electrons. The first kappa shape index (κ1) is 16.0. The number of hydrogen-bond donors (Lipinski definition) is 4. The molecule has 0 saturated carbocycles. The zero-order valence-electron chi connectivity index (χ0n) is 10.9. The normalized spacial score (nSPS) is 35.4. The third-order valence-electron chi connectivity index (χ3n) is 3.53. The summed E-state index contributed by atoms with van der Waals surface area (Å²) in [5.41, 5.74) is -1.77. The number of ether oxygens (including phenoxy) is 1. The maximum atomic E-state index is 10.9. The van der Waals surface area contributed by atoms with Gasteiger partial charge in [-0.15, -0.1) is 0 Å². The van der Waals surface area contributed by atoms with Crippen LogP contribution in [0, 0.1) is 10.8 Å².